The molecule has 1 aromatic carbocycles. The van der Waals surface area contributed by atoms with Crippen LogP contribution in [0.25, 0.3) is 5.69 Å². The Hall–Kier alpha value is -1.84. The average molecular weight is 192 g/mol. The van der Waals surface area contributed by atoms with Crippen molar-refractivity contribution in [3.63, 3.8) is 0 Å². The Morgan fingerprint density at radius 1 is 1.36 bits per heavy atom. The van der Waals surface area contributed by atoms with E-state index >= 15 is 0 Å². The quantitative estimate of drug-likeness (QED) is 0.732. The maximum absolute atomic E-state index is 12.9. The van der Waals surface area contributed by atoms with Crippen molar-refractivity contribution in [1.82, 2.24) is 9.78 Å². The van der Waals surface area contributed by atoms with Crippen molar-refractivity contribution < 1.29 is 4.39 Å². The number of nitrogens with one attached hydrogen (secondary N) is 1. The first-order valence-corrected chi connectivity index (χ1v) is 4.21. The second kappa shape index (κ2) is 3.14. The van der Waals surface area contributed by atoms with Crippen LogP contribution in [0.4, 0.5) is 4.39 Å². The number of aromatic amines is 1. The van der Waals surface area contributed by atoms with Gasteiger partial charge in [0.25, 0.3) is 5.56 Å². The van der Waals surface area contributed by atoms with Crippen molar-refractivity contribution in [3.8, 4) is 5.69 Å². The lowest BCUT2D eigenvalue weighted by Gasteiger charge is -2.00. The fourth-order valence-corrected chi connectivity index (χ4v) is 1.32. The summed E-state index contributed by atoms with van der Waals surface area (Å²) in [5.74, 6) is -0.360. The molecule has 2 aromatic rings. The first kappa shape index (κ1) is 8.74. The minimum Gasteiger partial charge on any atom is -0.295 e. The predicted octanol–water partition coefficient (Wildman–Crippen LogP) is 1.61. The van der Waals surface area contributed by atoms with Crippen LogP contribution in [0.15, 0.2) is 35.1 Å². The molecule has 0 saturated carbocycles. The van der Waals surface area contributed by atoms with Crippen molar-refractivity contribution in [1.29, 1.82) is 0 Å². The lowest BCUT2D eigenvalue weighted by molar-refractivity contribution is 0.625. The number of hydrogen-bond donors (Lipinski definition) is 1. The Labute approximate surface area is 79.8 Å². The third-order valence-corrected chi connectivity index (χ3v) is 1.91. The molecular formula is C10H9FN2O. The van der Waals surface area contributed by atoms with E-state index < -0.39 is 0 Å². The SMILES string of the molecule is Cc1cc(=O)n(-c2cccc(F)c2)[nH]1. The maximum Gasteiger partial charge on any atom is 0.271 e. The molecule has 0 amide bonds. The monoisotopic (exact) mass is 192 g/mol. The number of nitrogens with zero attached hydrogens (tertiary/aromatic N) is 1. The second-order valence-electron chi connectivity index (χ2n) is 3.09. The van der Waals surface area contributed by atoms with E-state index in [4.69, 9.17) is 0 Å². The van der Waals surface area contributed by atoms with E-state index in [1.165, 1.54) is 22.9 Å². The molecule has 0 aliphatic carbocycles. The summed E-state index contributed by atoms with van der Waals surface area (Å²) in [6, 6.07) is 7.33. The summed E-state index contributed by atoms with van der Waals surface area (Å²) < 4.78 is 14.2. The van der Waals surface area contributed by atoms with E-state index in [1.807, 2.05) is 0 Å². The van der Waals surface area contributed by atoms with Gasteiger partial charge < -0.3 is 0 Å². The van der Waals surface area contributed by atoms with Gasteiger partial charge in [0, 0.05) is 11.8 Å². The maximum atomic E-state index is 12.9. The summed E-state index contributed by atoms with van der Waals surface area (Å²) in [6.07, 6.45) is 0. The third kappa shape index (κ3) is 1.46. The highest BCUT2D eigenvalue weighted by Crippen LogP contribution is 2.06. The molecule has 0 aliphatic heterocycles. The first-order chi connectivity index (χ1) is 6.66. The second-order valence-corrected chi connectivity index (χ2v) is 3.09. The van der Waals surface area contributed by atoms with Gasteiger partial charge in [0.15, 0.2) is 0 Å². The van der Waals surface area contributed by atoms with E-state index in [-0.39, 0.29) is 11.4 Å². The van der Waals surface area contributed by atoms with Crippen LogP contribution in [0, 0.1) is 12.7 Å². The summed E-state index contributed by atoms with van der Waals surface area (Å²) >= 11 is 0. The van der Waals surface area contributed by atoms with Crippen LogP contribution >= 0.6 is 0 Å². The van der Waals surface area contributed by atoms with Crippen LogP contribution in [-0.2, 0) is 0 Å². The zero-order valence-corrected chi connectivity index (χ0v) is 7.62. The summed E-state index contributed by atoms with van der Waals surface area (Å²) in [4.78, 5) is 11.4. The normalized spacial score (nSPS) is 10.4. The van der Waals surface area contributed by atoms with E-state index in [0.717, 1.165) is 5.69 Å². The van der Waals surface area contributed by atoms with Crippen molar-refractivity contribution in [3.05, 3.63) is 52.2 Å². The molecule has 0 bridgehead atoms. The Morgan fingerprint density at radius 3 is 2.71 bits per heavy atom. The first-order valence-electron chi connectivity index (χ1n) is 4.21. The van der Waals surface area contributed by atoms with Crippen molar-refractivity contribution in [2.75, 3.05) is 0 Å². The molecule has 0 aliphatic rings. The number of benzene rings is 1. The summed E-state index contributed by atoms with van der Waals surface area (Å²) in [5.41, 5.74) is 1.07. The molecule has 1 N–H and O–H groups in total. The molecule has 0 unspecified atom stereocenters. The predicted molar refractivity (Wildman–Crippen MR) is 51.1 cm³/mol. The van der Waals surface area contributed by atoms with Gasteiger partial charge in [-0.25, -0.2) is 9.07 Å². The van der Waals surface area contributed by atoms with Gasteiger partial charge in [0.1, 0.15) is 5.82 Å². The molecule has 3 nitrogen and oxygen atoms in total. The van der Waals surface area contributed by atoms with Gasteiger partial charge in [-0.2, -0.15) is 0 Å². The molecule has 0 fully saturated rings. The van der Waals surface area contributed by atoms with E-state index in [9.17, 15) is 9.18 Å². The number of aromatic nitrogens is 2. The van der Waals surface area contributed by atoms with Gasteiger partial charge in [0.2, 0.25) is 0 Å². The molecule has 1 heterocycles. The van der Waals surface area contributed by atoms with Gasteiger partial charge >= 0.3 is 0 Å². The third-order valence-electron chi connectivity index (χ3n) is 1.91. The molecule has 0 atom stereocenters. The molecule has 4 heteroatoms. The molecule has 72 valence electrons. The fraction of sp³-hybridized carbons (Fsp3) is 0.100. The average Bonchev–Trinajstić information content (AvgIpc) is 2.45. The van der Waals surface area contributed by atoms with Crippen LogP contribution in [-0.4, -0.2) is 9.78 Å². The lowest BCUT2D eigenvalue weighted by Crippen LogP contribution is -2.13. The van der Waals surface area contributed by atoms with Crippen molar-refractivity contribution in [2.24, 2.45) is 0 Å². The fourth-order valence-electron chi connectivity index (χ4n) is 1.32. The number of H-pyrrole nitrogens is 1. The number of hydrogen-bond acceptors (Lipinski definition) is 1. The van der Waals surface area contributed by atoms with Crippen LogP contribution in [0.1, 0.15) is 5.69 Å². The minimum atomic E-state index is -0.360. The van der Waals surface area contributed by atoms with Crippen LogP contribution in [0.3, 0.4) is 0 Å². The number of halogens is 1. The zero-order valence-electron chi connectivity index (χ0n) is 7.62. The van der Waals surface area contributed by atoms with Crippen LogP contribution in [0.2, 0.25) is 0 Å². The highest BCUT2D eigenvalue weighted by Gasteiger charge is 2.02. The Bertz CT molecular complexity index is 513. The smallest absolute Gasteiger partial charge is 0.271 e. The zero-order chi connectivity index (χ0) is 10.1. The lowest BCUT2D eigenvalue weighted by atomic mass is 10.3. The molecule has 2 rings (SSSR count). The molecule has 1 aromatic heterocycles. The topological polar surface area (TPSA) is 37.8 Å². The molecular weight excluding hydrogens is 183 g/mol. The Balaban J connectivity index is 2.60. The van der Waals surface area contributed by atoms with Crippen LogP contribution in [0.5, 0.6) is 0 Å². The standard InChI is InChI=1S/C10H9FN2O/c1-7-5-10(14)13(12-7)9-4-2-3-8(11)6-9/h2-6,12H,1H3. The van der Waals surface area contributed by atoms with Gasteiger partial charge in [-0.15, -0.1) is 0 Å². The molecule has 0 saturated heterocycles. The Morgan fingerprint density at radius 2 is 2.14 bits per heavy atom. The van der Waals surface area contributed by atoms with Crippen molar-refractivity contribution in [2.45, 2.75) is 6.92 Å². The molecule has 14 heavy (non-hydrogen) atoms. The van der Waals surface area contributed by atoms with E-state index in [0.29, 0.717) is 5.69 Å². The highest BCUT2D eigenvalue weighted by atomic mass is 19.1. The summed E-state index contributed by atoms with van der Waals surface area (Å²) in [5, 5.41) is 2.83. The van der Waals surface area contributed by atoms with Gasteiger partial charge in [-0.1, -0.05) is 6.07 Å². The van der Waals surface area contributed by atoms with Crippen molar-refractivity contribution >= 4 is 0 Å². The van der Waals surface area contributed by atoms with Gasteiger partial charge in [-0.3, -0.25) is 9.89 Å². The summed E-state index contributed by atoms with van der Waals surface area (Å²) in [6.45, 7) is 1.77. The molecule has 0 radical (unpaired) electrons. The Kier molecular flexibility index (Phi) is 1.96. The number of rotatable bonds is 1. The molecule has 0 spiro atoms. The highest BCUT2D eigenvalue weighted by molar-refractivity contribution is 5.31. The minimum absolute atomic E-state index is 0.187. The van der Waals surface area contributed by atoms with E-state index in [2.05, 4.69) is 5.10 Å². The van der Waals surface area contributed by atoms with Gasteiger partial charge in [0.05, 0.1) is 5.69 Å². The summed E-state index contributed by atoms with van der Waals surface area (Å²) in [7, 11) is 0. The van der Waals surface area contributed by atoms with Crippen LogP contribution < -0.4 is 5.56 Å². The largest absolute Gasteiger partial charge is 0.295 e. The van der Waals surface area contributed by atoms with E-state index in [1.54, 1.807) is 19.1 Å². The van der Waals surface area contributed by atoms with Gasteiger partial charge in [-0.05, 0) is 25.1 Å². The number of aryl methyl sites for hydroxylation is 1.